The van der Waals surface area contributed by atoms with E-state index in [2.05, 4.69) is 70.9 Å². The summed E-state index contributed by atoms with van der Waals surface area (Å²) in [6.45, 7) is 1.59. The second-order valence-corrected chi connectivity index (χ2v) is 11.4. The fourth-order valence-electron chi connectivity index (χ4n) is 7.06. The number of carbonyl (C=O) groups is 2. The lowest BCUT2D eigenvalue weighted by Crippen LogP contribution is -2.47. The number of H-pyrrole nitrogens is 2. The van der Waals surface area contributed by atoms with Gasteiger partial charge in [0.05, 0.1) is 25.8 Å². The highest BCUT2D eigenvalue weighted by molar-refractivity contribution is 6.00. The first-order valence-electron chi connectivity index (χ1n) is 14.5. The maximum Gasteiger partial charge on any atom is 0.228 e. The number of hydrogen-bond acceptors (Lipinski definition) is 4. The third-order valence-corrected chi connectivity index (χ3v) is 9.26. The van der Waals surface area contributed by atoms with E-state index in [4.69, 9.17) is 9.47 Å². The molecular weight excluding hydrogens is 528 g/mol. The maximum absolute atomic E-state index is 13.9. The van der Waals surface area contributed by atoms with E-state index < -0.39 is 0 Å². The minimum atomic E-state index is -0.386. The number of para-hydroxylation sites is 2. The summed E-state index contributed by atoms with van der Waals surface area (Å²) in [5, 5.41) is 2.43. The lowest BCUT2D eigenvalue weighted by molar-refractivity contribution is -0.137. The summed E-state index contributed by atoms with van der Waals surface area (Å²) in [5.74, 6) is 0.811. The van der Waals surface area contributed by atoms with Crippen LogP contribution in [0.3, 0.4) is 0 Å². The summed E-state index contributed by atoms with van der Waals surface area (Å²) in [4.78, 5) is 37.6. The van der Waals surface area contributed by atoms with Crippen molar-refractivity contribution in [1.29, 1.82) is 0 Å². The van der Waals surface area contributed by atoms with E-state index >= 15 is 0 Å². The minimum Gasteiger partial charge on any atom is -0.497 e. The van der Waals surface area contributed by atoms with Crippen molar-refractivity contribution in [2.45, 2.75) is 24.7 Å². The van der Waals surface area contributed by atoms with Gasteiger partial charge in [0, 0.05) is 83.9 Å². The van der Waals surface area contributed by atoms with Crippen LogP contribution in [0.4, 0.5) is 5.69 Å². The van der Waals surface area contributed by atoms with Crippen LogP contribution >= 0.6 is 0 Å². The summed E-state index contributed by atoms with van der Waals surface area (Å²) >= 11 is 0. The molecule has 2 fully saturated rings. The van der Waals surface area contributed by atoms with E-state index in [-0.39, 0.29) is 29.6 Å². The quantitative estimate of drug-likeness (QED) is 0.281. The zero-order valence-corrected chi connectivity index (χ0v) is 23.9. The summed E-state index contributed by atoms with van der Waals surface area (Å²) in [6, 6.07) is 22.3. The van der Waals surface area contributed by atoms with Gasteiger partial charge in [-0.25, -0.2) is 0 Å². The number of hydrogen-bond donors (Lipinski definition) is 2. The molecule has 2 saturated heterocycles. The fourth-order valence-corrected chi connectivity index (χ4v) is 7.06. The summed E-state index contributed by atoms with van der Waals surface area (Å²) in [5.41, 5.74) is 5.19. The Bertz CT molecular complexity index is 1700. The van der Waals surface area contributed by atoms with Crippen LogP contribution in [0, 0.1) is 5.92 Å². The van der Waals surface area contributed by atoms with Gasteiger partial charge < -0.3 is 29.2 Å². The monoisotopic (exact) mass is 562 g/mol. The molecule has 2 aliphatic rings. The van der Waals surface area contributed by atoms with Crippen LogP contribution in [0.15, 0.2) is 79.1 Å². The standard InChI is InChI=1S/C34H34N4O4/c1-41-24-16-23(17-25(18-24)42-2)38-21-22(15-32(38)39)33(40)37-13-11-34(12-14-37,28-19-35-30-9-5-3-7-26(28)30)29-20-36-31-10-6-4-8-27(29)31/h3-10,16-20,22,35-36H,11-15,21H2,1-2H3/t22-/m0/s1. The maximum atomic E-state index is 13.9. The Morgan fingerprint density at radius 1 is 0.833 bits per heavy atom. The van der Waals surface area contributed by atoms with E-state index in [0.29, 0.717) is 36.8 Å². The predicted octanol–water partition coefficient (Wildman–Crippen LogP) is 5.63. The zero-order valence-electron chi connectivity index (χ0n) is 23.9. The molecule has 8 nitrogen and oxygen atoms in total. The number of aromatic nitrogens is 2. The van der Waals surface area contributed by atoms with Crippen LogP contribution in [-0.4, -0.2) is 60.5 Å². The highest BCUT2D eigenvalue weighted by Gasteiger charge is 2.44. The first-order valence-corrected chi connectivity index (χ1v) is 14.5. The van der Waals surface area contributed by atoms with Gasteiger partial charge >= 0.3 is 0 Å². The van der Waals surface area contributed by atoms with Crippen molar-refractivity contribution >= 4 is 39.3 Å². The molecule has 0 bridgehead atoms. The molecule has 2 N–H and O–H groups in total. The number of likely N-dealkylation sites (tertiary alicyclic amines) is 1. The van der Waals surface area contributed by atoms with E-state index in [1.165, 1.54) is 21.9 Å². The van der Waals surface area contributed by atoms with Gasteiger partial charge in [0.2, 0.25) is 11.8 Å². The summed E-state index contributed by atoms with van der Waals surface area (Å²) in [7, 11) is 3.17. The number of aromatic amines is 2. The van der Waals surface area contributed by atoms with Gasteiger partial charge in [-0.2, -0.15) is 0 Å². The second kappa shape index (κ2) is 10.3. The van der Waals surface area contributed by atoms with Gasteiger partial charge in [-0.1, -0.05) is 36.4 Å². The number of benzene rings is 3. The molecule has 8 heteroatoms. The molecule has 0 unspecified atom stereocenters. The topological polar surface area (TPSA) is 90.7 Å². The Balaban J connectivity index is 1.16. The van der Waals surface area contributed by atoms with Gasteiger partial charge in [-0.3, -0.25) is 9.59 Å². The van der Waals surface area contributed by atoms with Crippen LogP contribution in [0.5, 0.6) is 11.5 Å². The lowest BCUT2D eigenvalue weighted by Gasteiger charge is -2.43. The Labute approximate surface area is 244 Å². The first kappa shape index (κ1) is 26.2. The van der Waals surface area contributed by atoms with Crippen LogP contribution in [0.1, 0.15) is 30.4 Å². The average molecular weight is 563 g/mol. The van der Waals surface area contributed by atoms with Crippen LogP contribution < -0.4 is 14.4 Å². The van der Waals surface area contributed by atoms with Crippen molar-refractivity contribution < 1.29 is 19.1 Å². The molecule has 2 aliphatic heterocycles. The smallest absolute Gasteiger partial charge is 0.228 e. The molecule has 2 aromatic heterocycles. The van der Waals surface area contributed by atoms with Crippen molar-refractivity contribution in [2.24, 2.45) is 5.92 Å². The molecule has 214 valence electrons. The average Bonchev–Trinajstić information content (AvgIpc) is 3.77. The van der Waals surface area contributed by atoms with Crippen LogP contribution in [-0.2, 0) is 15.0 Å². The van der Waals surface area contributed by atoms with E-state index in [0.717, 1.165) is 23.9 Å². The molecule has 42 heavy (non-hydrogen) atoms. The van der Waals surface area contributed by atoms with Crippen molar-refractivity contribution in [2.75, 3.05) is 38.8 Å². The number of methoxy groups -OCH3 is 2. The van der Waals surface area contributed by atoms with Crippen LogP contribution in [0.25, 0.3) is 21.8 Å². The Kier molecular flexibility index (Phi) is 6.41. The Morgan fingerprint density at radius 3 is 1.93 bits per heavy atom. The number of carbonyl (C=O) groups excluding carboxylic acids is 2. The molecule has 0 radical (unpaired) electrons. The largest absolute Gasteiger partial charge is 0.497 e. The molecule has 0 spiro atoms. The number of nitrogens with one attached hydrogen (secondary N) is 2. The molecule has 0 aliphatic carbocycles. The normalized spacial score (nSPS) is 18.6. The lowest BCUT2D eigenvalue weighted by atomic mass is 9.67. The molecular formula is C34H34N4O4. The highest BCUT2D eigenvalue weighted by atomic mass is 16.5. The third-order valence-electron chi connectivity index (χ3n) is 9.26. The molecule has 1 atom stereocenters. The van der Waals surface area contributed by atoms with Crippen molar-refractivity contribution in [1.82, 2.24) is 14.9 Å². The summed E-state index contributed by atoms with van der Waals surface area (Å²) in [6.07, 6.45) is 6.09. The number of rotatable bonds is 6. The van der Waals surface area contributed by atoms with Gasteiger partial charge in [0.25, 0.3) is 0 Å². The fraction of sp³-hybridized carbons (Fsp3) is 0.294. The number of amides is 2. The highest BCUT2D eigenvalue weighted by Crippen LogP contribution is 2.47. The molecule has 2 amide bonds. The number of fused-ring (bicyclic) bond motifs is 2. The number of piperidine rings is 1. The van der Waals surface area contributed by atoms with Gasteiger partial charge in [-0.05, 0) is 36.1 Å². The van der Waals surface area contributed by atoms with E-state index in [1.807, 2.05) is 17.0 Å². The third kappa shape index (κ3) is 4.21. The second-order valence-electron chi connectivity index (χ2n) is 11.4. The zero-order chi connectivity index (χ0) is 28.8. The molecule has 0 saturated carbocycles. The molecule has 7 rings (SSSR count). The molecule has 4 heterocycles. The Hall–Kier alpha value is -4.72. The van der Waals surface area contributed by atoms with Gasteiger partial charge in [0.15, 0.2) is 0 Å². The minimum absolute atomic E-state index is 0.0483. The SMILES string of the molecule is COc1cc(OC)cc(N2C[C@@H](C(=O)N3CCC(c4c[nH]c5ccccc45)(c4c[nH]c5ccccc45)CC3)CC2=O)c1. The number of anilines is 1. The van der Waals surface area contributed by atoms with E-state index in [1.54, 1.807) is 25.2 Å². The number of nitrogens with zero attached hydrogens (tertiary/aromatic N) is 2. The number of ether oxygens (including phenoxy) is 2. The van der Waals surface area contributed by atoms with Crippen molar-refractivity contribution in [3.8, 4) is 11.5 Å². The Morgan fingerprint density at radius 2 is 1.38 bits per heavy atom. The van der Waals surface area contributed by atoms with Crippen molar-refractivity contribution in [3.05, 3.63) is 90.3 Å². The molecule has 5 aromatic rings. The van der Waals surface area contributed by atoms with E-state index in [9.17, 15) is 9.59 Å². The van der Waals surface area contributed by atoms with Crippen molar-refractivity contribution in [3.63, 3.8) is 0 Å². The predicted molar refractivity (Wildman–Crippen MR) is 163 cm³/mol. The summed E-state index contributed by atoms with van der Waals surface area (Å²) < 4.78 is 10.8. The first-order chi connectivity index (χ1) is 20.5. The molecule has 3 aromatic carbocycles. The van der Waals surface area contributed by atoms with Gasteiger partial charge in [-0.15, -0.1) is 0 Å². The van der Waals surface area contributed by atoms with Crippen LogP contribution in [0.2, 0.25) is 0 Å². The van der Waals surface area contributed by atoms with Gasteiger partial charge in [0.1, 0.15) is 11.5 Å².